The quantitative estimate of drug-likeness (QED) is 0.899. The molecular weight excluding hydrogens is 314 g/mol. The van der Waals surface area contributed by atoms with Gasteiger partial charge >= 0.3 is 5.97 Å². The number of carbonyl (C=O) groups is 1. The monoisotopic (exact) mass is 331 g/mol. The molecule has 0 spiro atoms. The first-order valence-corrected chi connectivity index (χ1v) is 8.61. The molecule has 7 heteroatoms. The van der Waals surface area contributed by atoms with Gasteiger partial charge in [0.2, 0.25) is 10.0 Å². The fourth-order valence-corrected chi connectivity index (χ4v) is 4.59. The number of carboxylic acids is 1. The Labute approximate surface area is 129 Å². The Balaban J connectivity index is 2.14. The van der Waals surface area contributed by atoms with Crippen molar-refractivity contribution in [3.63, 3.8) is 0 Å². The number of sulfonamides is 1. The summed E-state index contributed by atoms with van der Waals surface area (Å²) in [5.41, 5.74) is 0.549. The first kappa shape index (κ1) is 16.3. The zero-order valence-corrected chi connectivity index (χ0v) is 13.3. The number of aliphatic carboxylic acids is 1. The maximum absolute atomic E-state index is 12.6. The van der Waals surface area contributed by atoms with Gasteiger partial charge in [-0.3, -0.25) is 4.79 Å². The molecule has 0 aliphatic carbocycles. The van der Waals surface area contributed by atoms with Gasteiger partial charge in [0.1, 0.15) is 0 Å². The van der Waals surface area contributed by atoms with Crippen LogP contribution in [0, 0.1) is 12.8 Å². The third-order valence-electron chi connectivity index (χ3n) is 3.85. The van der Waals surface area contributed by atoms with Crippen LogP contribution in [-0.4, -0.2) is 36.9 Å². The minimum atomic E-state index is -3.56. The summed E-state index contributed by atoms with van der Waals surface area (Å²) < 4.78 is 26.7. The number of hydrogen-bond donors (Lipinski definition) is 1. The van der Waals surface area contributed by atoms with Crippen LogP contribution in [0.25, 0.3) is 0 Å². The van der Waals surface area contributed by atoms with Crippen LogP contribution in [0.2, 0.25) is 5.02 Å². The lowest BCUT2D eigenvalue weighted by Crippen LogP contribution is -2.29. The smallest absolute Gasteiger partial charge is 0.303 e. The summed E-state index contributed by atoms with van der Waals surface area (Å²) in [5, 5.41) is 9.13. The fourth-order valence-electron chi connectivity index (χ4n) is 2.58. The molecule has 1 atom stereocenters. The highest BCUT2D eigenvalue weighted by Gasteiger charge is 2.33. The van der Waals surface area contributed by atoms with Gasteiger partial charge in [-0.05, 0) is 43.4 Å². The van der Waals surface area contributed by atoms with E-state index in [0.717, 1.165) is 0 Å². The van der Waals surface area contributed by atoms with Crippen LogP contribution >= 0.6 is 11.6 Å². The van der Waals surface area contributed by atoms with Crippen molar-refractivity contribution in [1.82, 2.24) is 4.31 Å². The molecule has 1 saturated heterocycles. The summed E-state index contributed by atoms with van der Waals surface area (Å²) in [4.78, 5) is 10.8. The van der Waals surface area contributed by atoms with Crippen LogP contribution in [-0.2, 0) is 14.8 Å². The summed E-state index contributed by atoms with van der Waals surface area (Å²) >= 11 is 5.99. The van der Waals surface area contributed by atoms with E-state index >= 15 is 0 Å². The molecule has 1 aliphatic heterocycles. The highest BCUT2D eigenvalue weighted by molar-refractivity contribution is 7.89. The minimum Gasteiger partial charge on any atom is -0.481 e. The average molecular weight is 332 g/mol. The van der Waals surface area contributed by atoms with Crippen LogP contribution in [0.15, 0.2) is 23.1 Å². The van der Waals surface area contributed by atoms with E-state index in [1.165, 1.54) is 4.31 Å². The third-order valence-corrected chi connectivity index (χ3v) is 6.27. The fraction of sp³-hybridized carbons (Fsp3) is 0.500. The maximum atomic E-state index is 12.6. The summed E-state index contributed by atoms with van der Waals surface area (Å²) in [7, 11) is -3.56. The summed E-state index contributed by atoms with van der Waals surface area (Å²) in [6.07, 6.45) is 1.29. The number of hydrogen-bond acceptors (Lipinski definition) is 3. The van der Waals surface area contributed by atoms with Gasteiger partial charge < -0.3 is 5.11 Å². The van der Waals surface area contributed by atoms with Crippen molar-refractivity contribution in [2.75, 3.05) is 13.1 Å². The van der Waals surface area contributed by atoms with Crippen molar-refractivity contribution in [3.8, 4) is 0 Å². The average Bonchev–Trinajstić information content (AvgIpc) is 2.89. The van der Waals surface area contributed by atoms with Crippen LogP contribution < -0.4 is 0 Å². The molecule has 1 aromatic carbocycles. The summed E-state index contributed by atoms with van der Waals surface area (Å²) in [6.45, 7) is 2.49. The first-order valence-electron chi connectivity index (χ1n) is 6.79. The molecule has 0 radical (unpaired) electrons. The van der Waals surface area contributed by atoms with Crippen molar-refractivity contribution < 1.29 is 18.3 Å². The Morgan fingerprint density at radius 2 is 2.19 bits per heavy atom. The zero-order valence-electron chi connectivity index (χ0n) is 11.8. The second kappa shape index (κ2) is 6.34. The molecule has 0 aromatic heterocycles. The van der Waals surface area contributed by atoms with E-state index in [9.17, 15) is 13.2 Å². The predicted molar refractivity (Wildman–Crippen MR) is 79.9 cm³/mol. The van der Waals surface area contributed by atoms with Gasteiger partial charge in [0, 0.05) is 24.5 Å². The number of nitrogens with zero attached hydrogens (tertiary/aromatic N) is 1. The third kappa shape index (κ3) is 3.56. The van der Waals surface area contributed by atoms with Gasteiger partial charge in [-0.15, -0.1) is 0 Å². The van der Waals surface area contributed by atoms with E-state index in [1.807, 2.05) is 0 Å². The number of benzene rings is 1. The Morgan fingerprint density at radius 3 is 2.86 bits per heavy atom. The van der Waals surface area contributed by atoms with Crippen molar-refractivity contribution in [1.29, 1.82) is 0 Å². The lowest BCUT2D eigenvalue weighted by Gasteiger charge is -2.18. The van der Waals surface area contributed by atoms with Crippen molar-refractivity contribution in [3.05, 3.63) is 28.8 Å². The lowest BCUT2D eigenvalue weighted by atomic mass is 10.0. The Morgan fingerprint density at radius 1 is 1.48 bits per heavy atom. The van der Waals surface area contributed by atoms with Gasteiger partial charge in [0.15, 0.2) is 0 Å². The number of rotatable bonds is 5. The van der Waals surface area contributed by atoms with Gasteiger partial charge in [-0.2, -0.15) is 4.31 Å². The first-order chi connectivity index (χ1) is 9.82. The molecule has 1 unspecified atom stereocenters. The zero-order chi connectivity index (χ0) is 15.6. The molecule has 5 nitrogen and oxygen atoms in total. The highest BCUT2D eigenvalue weighted by atomic mass is 35.5. The molecule has 1 N–H and O–H groups in total. The lowest BCUT2D eigenvalue weighted by molar-refractivity contribution is -0.137. The normalized spacial score (nSPS) is 19.8. The maximum Gasteiger partial charge on any atom is 0.303 e. The molecule has 1 aliphatic rings. The van der Waals surface area contributed by atoms with E-state index in [1.54, 1.807) is 25.1 Å². The molecule has 21 heavy (non-hydrogen) atoms. The number of carboxylic acid groups (broad SMARTS) is 1. The van der Waals surface area contributed by atoms with Crippen LogP contribution in [0.4, 0.5) is 0 Å². The standard InChI is InChI=1S/C14H18ClNO4S/c1-10-12(15)3-2-4-13(10)21(19,20)16-8-7-11(9-16)5-6-14(17)18/h2-4,11H,5-9H2,1H3,(H,17,18). The summed E-state index contributed by atoms with van der Waals surface area (Å²) in [5.74, 6) is -0.739. The second-order valence-corrected chi connectivity index (χ2v) is 7.63. The van der Waals surface area contributed by atoms with E-state index in [-0.39, 0.29) is 17.2 Å². The topological polar surface area (TPSA) is 74.7 Å². The molecule has 0 amide bonds. The van der Waals surface area contributed by atoms with Crippen LogP contribution in [0.5, 0.6) is 0 Å². The van der Waals surface area contributed by atoms with E-state index in [2.05, 4.69) is 0 Å². The van der Waals surface area contributed by atoms with Gasteiger partial charge in [0.05, 0.1) is 4.90 Å². The molecule has 0 saturated carbocycles. The largest absolute Gasteiger partial charge is 0.481 e. The summed E-state index contributed by atoms with van der Waals surface area (Å²) in [6, 6.07) is 4.84. The van der Waals surface area contributed by atoms with Gasteiger partial charge in [-0.1, -0.05) is 17.7 Å². The SMILES string of the molecule is Cc1c(Cl)cccc1S(=O)(=O)N1CCC(CCC(=O)O)C1. The molecular formula is C14H18ClNO4S. The van der Waals surface area contributed by atoms with Crippen LogP contribution in [0.3, 0.4) is 0 Å². The van der Waals surface area contributed by atoms with E-state index in [4.69, 9.17) is 16.7 Å². The van der Waals surface area contributed by atoms with Crippen molar-refractivity contribution >= 4 is 27.6 Å². The molecule has 2 rings (SSSR count). The van der Waals surface area contributed by atoms with Gasteiger partial charge in [-0.25, -0.2) is 8.42 Å². The Hall–Kier alpha value is -1.11. The Kier molecular flexibility index (Phi) is 4.91. The second-order valence-electron chi connectivity index (χ2n) is 5.31. The predicted octanol–water partition coefficient (Wildman–Crippen LogP) is 2.52. The van der Waals surface area contributed by atoms with E-state index < -0.39 is 16.0 Å². The molecule has 1 heterocycles. The highest BCUT2D eigenvalue weighted by Crippen LogP contribution is 2.30. The van der Waals surface area contributed by atoms with Gasteiger partial charge in [0.25, 0.3) is 0 Å². The molecule has 116 valence electrons. The van der Waals surface area contributed by atoms with Crippen molar-refractivity contribution in [2.24, 2.45) is 5.92 Å². The molecule has 1 fully saturated rings. The van der Waals surface area contributed by atoms with Crippen LogP contribution in [0.1, 0.15) is 24.8 Å². The Bertz CT molecular complexity index is 644. The number of halogens is 1. The van der Waals surface area contributed by atoms with E-state index in [0.29, 0.717) is 36.5 Å². The molecule has 1 aromatic rings. The van der Waals surface area contributed by atoms with Crippen molar-refractivity contribution in [2.45, 2.75) is 31.1 Å². The molecule has 0 bridgehead atoms. The minimum absolute atomic E-state index is 0.0781.